The van der Waals surface area contributed by atoms with Gasteiger partial charge in [0.25, 0.3) is 10.0 Å². The summed E-state index contributed by atoms with van der Waals surface area (Å²) < 4.78 is 70.1. The van der Waals surface area contributed by atoms with Crippen LogP contribution >= 0.6 is 0 Å². The molecule has 0 bridgehead atoms. The zero-order chi connectivity index (χ0) is 18.0. The van der Waals surface area contributed by atoms with Gasteiger partial charge in [0, 0.05) is 5.69 Å². The molecule has 0 spiro atoms. The second-order valence-corrected chi connectivity index (χ2v) is 6.32. The Morgan fingerprint density at radius 2 is 1.75 bits per heavy atom. The average molecular weight is 359 g/mol. The van der Waals surface area contributed by atoms with E-state index in [-0.39, 0.29) is 11.3 Å². The molecule has 9 heteroatoms. The number of anilines is 1. The normalized spacial score (nSPS) is 11.8. The lowest BCUT2D eigenvalue weighted by molar-refractivity contribution is -0.139. The Hall–Kier alpha value is -2.55. The van der Waals surface area contributed by atoms with E-state index in [1.54, 1.807) is 0 Å². The van der Waals surface area contributed by atoms with Crippen LogP contribution < -0.4 is 4.72 Å². The van der Waals surface area contributed by atoms with Gasteiger partial charge in [0.1, 0.15) is 0 Å². The zero-order valence-electron chi connectivity index (χ0n) is 12.3. The van der Waals surface area contributed by atoms with Crippen LogP contribution in [0.1, 0.15) is 15.9 Å². The molecule has 0 aromatic heterocycles. The van der Waals surface area contributed by atoms with Gasteiger partial charge >= 0.3 is 12.1 Å². The summed E-state index contributed by atoms with van der Waals surface area (Å²) in [6, 6.07) is 9.05. The van der Waals surface area contributed by atoms with Crippen LogP contribution in [0.15, 0.2) is 53.4 Å². The van der Waals surface area contributed by atoms with Crippen molar-refractivity contribution in [3.63, 3.8) is 0 Å². The van der Waals surface area contributed by atoms with Crippen LogP contribution in [0.25, 0.3) is 0 Å². The summed E-state index contributed by atoms with van der Waals surface area (Å²) in [6.45, 7) is 0. The molecule has 1 N–H and O–H groups in total. The van der Waals surface area contributed by atoms with Crippen molar-refractivity contribution in [2.45, 2.75) is 11.1 Å². The molecule has 0 saturated heterocycles. The summed E-state index contributed by atoms with van der Waals surface area (Å²) in [7, 11) is -3.35. The van der Waals surface area contributed by atoms with Crippen LogP contribution in [0.4, 0.5) is 18.9 Å². The fourth-order valence-electron chi connectivity index (χ4n) is 1.97. The van der Waals surface area contributed by atoms with Crippen molar-refractivity contribution in [3.8, 4) is 0 Å². The first-order chi connectivity index (χ1) is 11.1. The standard InChI is InChI=1S/C15H12F3NO4S/c1-23-14(20)10-5-4-6-11(9-10)19-24(21,22)13-8-3-2-7-12(13)15(16,17)18/h2-9,19H,1H3. The maximum Gasteiger partial charge on any atom is 0.417 e. The molecule has 0 atom stereocenters. The lowest BCUT2D eigenvalue weighted by atomic mass is 10.2. The van der Waals surface area contributed by atoms with Crippen molar-refractivity contribution < 1.29 is 31.1 Å². The highest BCUT2D eigenvalue weighted by atomic mass is 32.2. The maximum atomic E-state index is 13.0. The first kappa shape index (κ1) is 17.8. The van der Waals surface area contributed by atoms with E-state index >= 15 is 0 Å². The summed E-state index contributed by atoms with van der Waals surface area (Å²) in [6.07, 6.45) is -4.82. The molecule has 2 aromatic carbocycles. The van der Waals surface area contributed by atoms with E-state index in [0.717, 1.165) is 19.2 Å². The third-order valence-corrected chi connectivity index (χ3v) is 4.46. The van der Waals surface area contributed by atoms with E-state index in [1.807, 2.05) is 4.72 Å². The summed E-state index contributed by atoms with van der Waals surface area (Å²) >= 11 is 0. The van der Waals surface area contributed by atoms with Crippen molar-refractivity contribution in [2.24, 2.45) is 0 Å². The van der Waals surface area contributed by atoms with E-state index in [2.05, 4.69) is 4.74 Å². The SMILES string of the molecule is COC(=O)c1cccc(NS(=O)(=O)c2ccccc2C(F)(F)F)c1. The van der Waals surface area contributed by atoms with Crippen molar-refractivity contribution in [2.75, 3.05) is 11.8 Å². The number of halogens is 3. The maximum absolute atomic E-state index is 13.0. The highest BCUT2D eigenvalue weighted by Gasteiger charge is 2.36. The van der Waals surface area contributed by atoms with Gasteiger partial charge < -0.3 is 4.74 Å². The molecule has 0 amide bonds. The smallest absolute Gasteiger partial charge is 0.417 e. The molecule has 0 heterocycles. The van der Waals surface area contributed by atoms with Gasteiger partial charge in [-0.15, -0.1) is 0 Å². The minimum atomic E-state index is -4.82. The van der Waals surface area contributed by atoms with Crippen molar-refractivity contribution in [1.82, 2.24) is 0 Å². The largest absolute Gasteiger partial charge is 0.465 e. The predicted molar refractivity (Wildman–Crippen MR) is 80.0 cm³/mol. The molecule has 0 aliphatic heterocycles. The van der Waals surface area contributed by atoms with Crippen molar-refractivity contribution in [3.05, 3.63) is 59.7 Å². The monoisotopic (exact) mass is 359 g/mol. The van der Waals surface area contributed by atoms with Crippen molar-refractivity contribution in [1.29, 1.82) is 0 Å². The Morgan fingerprint density at radius 3 is 2.38 bits per heavy atom. The van der Waals surface area contributed by atoms with E-state index in [4.69, 9.17) is 0 Å². The van der Waals surface area contributed by atoms with Crippen LogP contribution in [0, 0.1) is 0 Å². The summed E-state index contributed by atoms with van der Waals surface area (Å²) in [5.41, 5.74) is -1.28. The second kappa shape index (κ2) is 6.52. The van der Waals surface area contributed by atoms with Gasteiger partial charge in [0.15, 0.2) is 0 Å². The molecule has 24 heavy (non-hydrogen) atoms. The third kappa shape index (κ3) is 3.85. The number of hydrogen-bond donors (Lipinski definition) is 1. The number of hydrogen-bond acceptors (Lipinski definition) is 4. The third-order valence-electron chi connectivity index (χ3n) is 3.02. The Morgan fingerprint density at radius 1 is 1.08 bits per heavy atom. The number of esters is 1. The van der Waals surface area contributed by atoms with Gasteiger partial charge in [-0.3, -0.25) is 4.72 Å². The van der Waals surface area contributed by atoms with Gasteiger partial charge in [-0.05, 0) is 30.3 Å². The molecule has 0 fully saturated rings. The lowest BCUT2D eigenvalue weighted by Gasteiger charge is -2.14. The summed E-state index contributed by atoms with van der Waals surface area (Å²) in [5, 5.41) is 0. The molecule has 5 nitrogen and oxygen atoms in total. The molecular weight excluding hydrogens is 347 g/mol. The van der Waals surface area contributed by atoms with Crippen LogP contribution in [0.5, 0.6) is 0 Å². The Bertz CT molecular complexity index is 863. The summed E-state index contributed by atoms with van der Waals surface area (Å²) in [4.78, 5) is 10.5. The molecule has 2 aromatic rings. The summed E-state index contributed by atoms with van der Waals surface area (Å²) in [5.74, 6) is -0.702. The van der Waals surface area contributed by atoms with Crippen LogP contribution in [0.3, 0.4) is 0 Å². The second-order valence-electron chi connectivity index (χ2n) is 4.67. The molecule has 0 radical (unpaired) electrons. The minimum Gasteiger partial charge on any atom is -0.465 e. The van der Waals surface area contributed by atoms with Gasteiger partial charge in [-0.2, -0.15) is 13.2 Å². The number of carbonyl (C=O) groups is 1. The zero-order valence-corrected chi connectivity index (χ0v) is 13.1. The quantitative estimate of drug-likeness (QED) is 0.851. The number of methoxy groups -OCH3 is 1. The first-order valence-corrected chi connectivity index (χ1v) is 8.01. The number of rotatable bonds is 4. The highest BCUT2D eigenvalue weighted by molar-refractivity contribution is 7.92. The Kier molecular flexibility index (Phi) is 4.83. The number of nitrogens with one attached hydrogen (secondary N) is 1. The molecular formula is C15H12F3NO4S. The molecule has 0 aliphatic rings. The molecule has 128 valence electrons. The highest BCUT2D eigenvalue weighted by Crippen LogP contribution is 2.34. The number of benzene rings is 2. The topological polar surface area (TPSA) is 72.5 Å². The van der Waals surface area contributed by atoms with Crippen LogP contribution in [0.2, 0.25) is 0 Å². The van der Waals surface area contributed by atoms with E-state index < -0.39 is 32.6 Å². The van der Waals surface area contributed by atoms with Gasteiger partial charge in [0.2, 0.25) is 0 Å². The number of sulfonamides is 1. The fourth-order valence-corrected chi connectivity index (χ4v) is 3.25. The Labute approximate surface area is 136 Å². The van der Waals surface area contributed by atoms with Crippen molar-refractivity contribution >= 4 is 21.7 Å². The van der Waals surface area contributed by atoms with E-state index in [9.17, 15) is 26.4 Å². The minimum absolute atomic E-state index is 0.0572. The first-order valence-electron chi connectivity index (χ1n) is 6.52. The predicted octanol–water partition coefficient (Wildman–Crippen LogP) is 3.29. The average Bonchev–Trinajstić information content (AvgIpc) is 2.53. The molecule has 0 unspecified atom stereocenters. The van der Waals surface area contributed by atoms with Crippen LogP contribution in [-0.4, -0.2) is 21.5 Å². The van der Waals surface area contributed by atoms with Gasteiger partial charge in [0.05, 0.1) is 23.1 Å². The molecule has 0 aliphatic carbocycles. The number of carbonyl (C=O) groups excluding carboxylic acids is 1. The fraction of sp³-hybridized carbons (Fsp3) is 0.133. The van der Waals surface area contributed by atoms with Gasteiger partial charge in [-0.25, -0.2) is 13.2 Å². The van der Waals surface area contributed by atoms with E-state index in [0.29, 0.717) is 6.07 Å². The Balaban J connectivity index is 2.42. The molecule has 0 saturated carbocycles. The van der Waals surface area contributed by atoms with E-state index in [1.165, 1.54) is 30.3 Å². The van der Waals surface area contributed by atoms with Gasteiger partial charge in [-0.1, -0.05) is 18.2 Å². The molecule has 2 rings (SSSR count). The number of ether oxygens (including phenoxy) is 1. The lowest BCUT2D eigenvalue weighted by Crippen LogP contribution is -2.19. The number of alkyl halides is 3. The van der Waals surface area contributed by atoms with Crippen LogP contribution in [-0.2, 0) is 20.9 Å².